The molecule has 1 aliphatic heterocycles. The topological polar surface area (TPSA) is 49.7 Å². The van der Waals surface area contributed by atoms with Crippen molar-refractivity contribution in [2.45, 2.75) is 32.7 Å². The highest BCUT2D eigenvalue weighted by Gasteiger charge is 2.31. The zero-order chi connectivity index (χ0) is 20.0. The van der Waals surface area contributed by atoms with Crippen molar-refractivity contribution >= 4 is 39.0 Å². The number of halogens is 3. The van der Waals surface area contributed by atoms with Crippen LogP contribution >= 0.6 is 27.5 Å². The Labute approximate surface area is 176 Å². The van der Waals surface area contributed by atoms with Gasteiger partial charge in [0.2, 0.25) is 0 Å². The molecular formula is C20H20BrClFN5. The zero-order valence-electron chi connectivity index (χ0n) is 15.6. The third kappa shape index (κ3) is 2.97. The fraction of sp³-hybridized carbons (Fsp3) is 0.300. The van der Waals surface area contributed by atoms with E-state index in [1.165, 1.54) is 6.07 Å². The van der Waals surface area contributed by atoms with Crippen molar-refractivity contribution in [3.8, 4) is 11.3 Å². The Kier molecular flexibility index (Phi) is 5.05. The quantitative estimate of drug-likeness (QED) is 0.483. The molecule has 3 aromatic rings. The van der Waals surface area contributed by atoms with Gasteiger partial charge in [0.25, 0.3) is 0 Å². The van der Waals surface area contributed by atoms with E-state index in [-0.39, 0.29) is 0 Å². The lowest BCUT2D eigenvalue weighted by atomic mass is 9.97. The Bertz CT molecular complexity index is 1060. The fourth-order valence-electron chi connectivity index (χ4n) is 3.60. The first-order valence-corrected chi connectivity index (χ1v) is 10.3. The Hall–Kier alpha value is -2.12. The van der Waals surface area contributed by atoms with Crippen molar-refractivity contribution in [1.29, 1.82) is 0 Å². The number of nitrogens with zero attached hydrogens (tertiary/aromatic N) is 4. The van der Waals surface area contributed by atoms with E-state index in [2.05, 4.69) is 51.7 Å². The summed E-state index contributed by atoms with van der Waals surface area (Å²) in [7, 11) is 0. The third-order valence-corrected chi connectivity index (χ3v) is 6.62. The molecule has 28 heavy (non-hydrogen) atoms. The van der Waals surface area contributed by atoms with Gasteiger partial charge in [0.1, 0.15) is 11.6 Å². The predicted molar refractivity (Wildman–Crippen MR) is 114 cm³/mol. The number of anilines is 1. The molecule has 0 unspecified atom stereocenters. The zero-order valence-corrected chi connectivity index (χ0v) is 18.0. The number of rotatable bonds is 5. The molecule has 3 heterocycles. The molecule has 1 N–H and O–H groups in total. The minimum atomic E-state index is -0.403. The van der Waals surface area contributed by atoms with Crippen LogP contribution in [0.2, 0.25) is 5.02 Å². The van der Waals surface area contributed by atoms with E-state index in [1.807, 2.05) is 22.0 Å². The summed E-state index contributed by atoms with van der Waals surface area (Å²) in [6, 6.07) is 2.98. The van der Waals surface area contributed by atoms with Crippen LogP contribution in [0.1, 0.15) is 37.3 Å². The summed E-state index contributed by atoms with van der Waals surface area (Å²) < 4.78 is 17.1. The van der Waals surface area contributed by atoms with Crippen LogP contribution in [-0.4, -0.2) is 26.5 Å². The van der Waals surface area contributed by atoms with Gasteiger partial charge in [-0.15, -0.1) is 0 Å². The van der Waals surface area contributed by atoms with Crippen molar-refractivity contribution in [2.75, 3.05) is 11.4 Å². The van der Waals surface area contributed by atoms with Gasteiger partial charge < -0.3 is 4.90 Å². The largest absolute Gasteiger partial charge is 0.324 e. The van der Waals surface area contributed by atoms with Gasteiger partial charge in [-0.05, 0) is 40.4 Å². The summed E-state index contributed by atoms with van der Waals surface area (Å²) in [6.07, 6.45) is 4.70. The highest BCUT2D eigenvalue weighted by atomic mass is 79.9. The molecule has 146 valence electrons. The number of aromatic nitrogens is 4. The molecule has 0 bridgehead atoms. The van der Waals surface area contributed by atoms with Crippen LogP contribution in [0.15, 0.2) is 35.6 Å². The minimum absolute atomic E-state index is 0.295. The van der Waals surface area contributed by atoms with Gasteiger partial charge in [-0.25, -0.2) is 9.07 Å². The van der Waals surface area contributed by atoms with Crippen molar-refractivity contribution in [3.63, 3.8) is 0 Å². The van der Waals surface area contributed by atoms with Crippen molar-refractivity contribution in [2.24, 2.45) is 0 Å². The van der Waals surface area contributed by atoms with Gasteiger partial charge >= 0.3 is 0 Å². The second-order valence-corrected chi connectivity index (χ2v) is 8.16. The van der Waals surface area contributed by atoms with Crippen LogP contribution in [0, 0.1) is 5.82 Å². The van der Waals surface area contributed by atoms with E-state index >= 15 is 0 Å². The van der Waals surface area contributed by atoms with Gasteiger partial charge in [0, 0.05) is 22.3 Å². The normalized spacial score (nSPS) is 14.4. The summed E-state index contributed by atoms with van der Waals surface area (Å²) in [4.78, 5) is 1.97. The lowest BCUT2D eigenvalue weighted by Gasteiger charge is -2.23. The second kappa shape index (κ2) is 7.37. The van der Waals surface area contributed by atoms with E-state index in [1.54, 1.807) is 6.07 Å². The molecule has 0 radical (unpaired) electrons. The molecule has 1 aromatic carbocycles. The molecule has 1 atom stereocenters. The molecule has 8 heteroatoms. The third-order valence-electron chi connectivity index (χ3n) is 5.34. The first-order chi connectivity index (χ1) is 13.4. The minimum Gasteiger partial charge on any atom is -0.324 e. The lowest BCUT2D eigenvalue weighted by Crippen LogP contribution is -2.19. The Morgan fingerprint density at radius 3 is 2.93 bits per heavy atom. The van der Waals surface area contributed by atoms with E-state index in [9.17, 15) is 4.39 Å². The average Bonchev–Trinajstić information content (AvgIpc) is 3.39. The Balaban J connectivity index is 1.80. The van der Waals surface area contributed by atoms with Crippen molar-refractivity contribution in [1.82, 2.24) is 20.0 Å². The van der Waals surface area contributed by atoms with Crippen LogP contribution in [0.5, 0.6) is 0 Å². The predicted octanol–water partition coefficient (Wildman–Crippen LogP) is 5.83. The van der Waals surface area contributed by atoms with Gasteiger partial charge in [-0.3, -0.25) is 5.10 Å². The number of nitrogens with one attached hydrogen (secondary N) is 1. The molecule has 2 aromatic heterocycles. The summed E-state index contributed by atoms with van der Waals surface area (Å²) in [5.74, 6) is 0.827. The van der Waals surface area contributed by atoms with Crippen molar-refractivity contribution < 1.29 is 4.39 Å². The van der Waals surface area contributed by atoms with Crippen LogP contribution in [0.25, 0.3) is 17.0 Å². The summed E-state index contributed by atoms with van der Waals surface area (Å²) in [5, 5.41) is 12.2. The summed E-state index contributed by atoms with van der Waals surface area (Å²) in [6.45, 7) is 9.81. The maximum Gasteiger partial charge on any atom is 0.140 e. The van der Waals surface area contributed by atoms with Gasteiger partial charge in [-0.2, -0.15) is 10.2 Å². The number of fused-ring (bicyclic) bond motifs is 1. The smallest absolute Gasteiger partial charge is 0.140 e. The van der Waals surface area contributed by atoms with Crippen LogP contribution < -0.4 is 4.90 Å². The van der Waals surface area contributed by atoms with Crippen LogP contribution in [0.3, 0.4) is 0 Å². The van der Waals surface area contributed by atoms with Gasteiger partial charge in [-0.1, -0.05) is 32.0 Å². The molecular weight excluding hydrogens is 445 g/mol. The maximum absolute atomic E-state index is 14.6. The van der Waals surface area contributed by atoms with E-state index < -0.39 is 5.82 Å². The van der Waals surface area contributed by atoms with Gasteiger partial charge in [0.15, 0.2) is 0 Å². The number of benzene rings is 1. The SMILES string of the molecule is C=C(c1c(F)ccc(Br)c1Cl)N1CCn2ncc(-c3[nH]ncc3[C@H](C)CC)c21. The first kappa shape index (κ1) is 19.2. The highest BCUT2D eigenvalue weighted by Crippen LogP contribution is 2.42. The van der Waals surface area contributed by atoms with E-state index in [0.29, 0.717) is 39.8 Å². The van der Waals surface area contributed by atoms with E-state index in [0.717, 1.165) is 29.1 Å². The van der Waals surface area contributed by atoms with Crippen LogP contribution in [-0.2, 0) is 6.54 Å². The Morgan fingerprint density at radius 2 is 2.18 bits per heavy atom. The number of hydrogen-bond donors (Lipinski definition) is 1. The standard InChI is InChI=1S/C20H20BrClFN5/c1-4-11(2)13-9-24-26-19(13)14-10-25-28-8-7-27(20(14)28)12(3)17-16(23)6-5-15(21)18(17)22/h5-6,9-11H,3-4,7-8H2,1-2H3,(H,24,26)/t11-/m1/s1. The number of aromatic amines is 1. The molecule has 0 saturated heterocycles. The number of H-pyrrole nitrogens is 1. The molecule has 0 fully saturated rings. The molecule has 0 aliphatic carbocycles. The molecule has 5 nitrogen and oxygen atoms in total. The molecule has 4 rings (SSSR count). The number of hydrogen-bond acceptors (Lipinski definition) is 3. The average molecular weight is 465 g/mol. The summed E-state index contributed by atoms with van der Waals surface area (Å²) >= 11 is 9.76. The lowest BCUT2D eigenvalue weighted by molar-refractivity contribution is 0.623. The molecule has 0 amide bonds. The molecule has 0 saturated carbocycles. The molecule has 0 spiro atoms. The van der Waals surface area contributed by atoms with Crippen LogP contribution in [0.4, 0.5) is 10.2 Å². The molecule has 1 aliphatic rings. The first-order valence-electron chi connectivity index (χ1n) is 9.13. The maximum atomic E-state index is 14.6. The Morgan fingerprint density at radius 1 is 1.39 bits per heavy atom. The summed E-state index contributed by atoms with van der Waals surface area (Å²) in [5.41, 5.74) is 3.81. The van der Waals surface area contributed by atoms with Gasteiger partial charge in [0.05, 0.1) is 40.8 Å². The fourth-order valence-corrected chi connectivity index (χ4v) is 4.19. The highest BCUT2D eigenvalue weighted by molar-refractivity contribution is 9.10. The van der Waals surface area contributed by atoms with Crippen molar-refractivity contribution in [3.05, 3.63) is 57.5 Å². The second-order valence-electron chi connectivity index (χ2n) is 6.93. The van der Waals surface area contributed by atoms with E-state index in [4.69, 9.17) is 11.6 Å². The monoisotopic (exact) mass is 463 g/mol.